The van der Waals surface area contributed by atoms with Gasteiger partial charge in [0.15, 0.2) is 5.82 Å². The second-order valence-corrected chi connectivity index (χ2v) is 8.02. The largest absolute Gasteiger partial charge is 0.573 e. The maximum absolute atomic E-state index is 12.4. The van der Waals surface area contributed by atoms with Crippen LogP contribution in [0.5, 0.6) is 5.75 Å². The molecule has 0 spiro atoms. The number of nitrogens with one attached hydrogen (secondary N) is 1. The molecule has 0 bridgehead atoms. The molecule has 180 valence electrons. The van der Waals surface area contributed by atoms with E-state index in [0.29, 0.717) is 22.8 Å². The van der Waals surface area contributed by atoms with Crippen molar-refractivity contribution in [2.75, 3.05) is 5.32 Å². The van der Waals surface area contributed by atoms with Crippen molar-refractivity contribution >= 4 is 11.8 Å². The lowest BCUT2D eigenvalue weighted by Gasteiger charge is -2.25. The molecule has 0 radical (unpaired) electrons. The Morgan fingerprint density at radius 1 is 0.914 bits per heavy atom. The number of rotatable bonds is 6. The lowest BCUT2D eigenvalue weighted by Crippen LogP contribution is -2.28. The Kier molecular flexibility index (Phi) is 6.46. The molecule has 1 aromatic heterocycles. The molecule has 7 nitrogen and oxygen atoms in total. The number of carbonyl (C=O) groups is 1. The van der Waals surface area contributed by atoms with Crippen molar-refractivity contribution < 1.29 is 27.4 Å². The van der Waals surface area contributed by atoms with Crippen LogP contribution < -0.4 is 10.1 Å². The molecule has 0 aliphatic heterocycles. The summed E-state index contributed by atoms with van der Waals surface area (Å²) < 4.78 is 47.8. The second kappa shape index (κ2) is 9.49. The lowest BCUT2D eigenvalue weighted by atomic mass is 9.98. The van der Waals surface area contributed by atoms with E-state index in [1.165, 1.54) is 35.3 Å². The second-order valence-electron chi connectivity index (χ2n) is 8.02. The minimum absolute atomic E-state index is 0.324. The zero-order chi connectivity index (χ0) is 25.1. The Morgan fingerprint density at radius 3 is 2.20 bits per heavy atom. The van der Waals surface area contributed by atoms with Crippen LogP contribution in [0.2, 0.25) is 0 Å². The molecule has 4 rings (SSSR count). The average molecular weight is 482 g/mol. The van der Waals surface area contributed by atoms with Crippen LogP contribution in [-0.2, 0) is 10.3 Å². The van der Waals surface area contributed by atoms with Gasteiger partial charge in [0.2, 0.25) is 0 Å². The quantitative estimate of drug-likeness (QED) is 0.348. The third kappa shape index (κ3) is 6.17. The molecule has 0 aliphatic rings. The van der Waals surface area contributed by atoms with E-state index in [4.69, 9.17) is 4.74 Å². The smallest absolute Gasteiger partial charge is 0.438 e. The Bertz CT molecular complexity index is 1290. The predicted octanol–water partition coefficient (Wildman–Crippen LogP) is 6.32. The van der Waals surface area contributed by atoms with Gasteiger partial charge in [0, 0.05) is 11.3 Å². The fourth-order valence-corrected chi connectivity index (χ4v) is 3.30. The summed E-state index contributed by atoms with van der Waals surface area (Å²) in [6.45, 7) is 3.62. The van der Waals surface area contributed by atoms with Gasteiger partial charge in [-0.15, -0.1) is 18.3 Å². The van der Waals surface area contributed by atoms with Crippen LogP contribution in [0.3, 0.4) is 0 Å². The monoisotopic (exact) mass is 482 g/mol. The minimum atomic E-state index is -4.75. The van der Waals surface area contributed by atoms with Crippen LogP contribution in [0.25, 0.3) is 17.1 Å². The molecule has 4 aromatic rings. The molecule has 0 saturated carbocycles. The number of halogens is 3. The Morgan fingerprint density at radius 2 is 1.57 bits per heavy atom. The number of ether oxygens (including phenoxy) is 2. The van der Waals surface area contributed by atoms with E-state index in [0.717, 1.165) is 5.56 Å². The van der Waals surface area contributed by atoms with Gasteiger partial charge >= 0.3 is 12.5 Å². The number of hydrogen-bond acceptors (Lipinski definition) is 5. The minimum Gasteiger partial charge on any atom is -0.438 e. The number of aromatic nitrogens is 3. The highest BCUT2D eigenvalue weighted by atomic mass is 19.4. The summed E-state index contributed by atoms with van der Waals surface area (Å²) in [6, 6.07) is 21.5. The van der Waals surface area contributed by atoms with Crippen LogP contribution in [0.15, 0.2) is 85.2 Å². The van der Waals surface area contributed by atoms with Gasteiger partial charge < -0.3 is 9.47 Å². The molecule has 1 heterocycles. The van der Waals surface area contributed by atoms with Gasteiger partial charge in [-0.3, -0.25) is 5.32 Å². The first kappa shape index (κ1) is 23.8. The van der Waals surface area contributed by atoms with Gasteiger partial charge in [-0.2, -0.15) is 0 Å². The molecular formula is C25H21F3N4O3. The molecule has 1 amide bonds. The Labute approximate surface area is 199 Å². The van der Waals surface area contributed by atoms with Crippen molar-refractivity contribution in [3.63, 3.8) is 0 Å². The summed E-state index contributed by atoms with van der Waals surface area (Å²) >= 11 is 0. The van der Waals surface area contributed by atoms with E-state index in [1.807, 2.05) is 44.2 Å². The highest BCUT2D eigenvalue weighted by molar-refractivity contribution is 5.85. The van der Waals surface area contributed by atoms with Gasteiger partial charge in [-0.1, -0.05) is 30.3 Å². The lowest BCUT2D eigenvalue weighted by molar-refractivity contribution is -0.274. The number of nitrogens with zero attached hydrogens (tertiary/aromatic N) is 3. The SMILES string of the molecule is CC(C)(OC(=O)Nc1ccc(-c2ncn(-c3ccc(OC(F)(F)F)cc3)n2)cc1)c1ccccc1. The van der Waals surface area contributed by atoms with E-state index in [-0.39, 0.29) is 5.75 Å². The van der Waals surface area contributed by atoms with Crippen LogP contribution >= 0.6 is 0 Å². The van der Waals surface area contributed by atoms with Gasteiger partial charge in [-0.25, -0.2) is 14.5 Å². The maximum atomic E-state index is 12.4. The van der Waals surface area contributed by atoms with Crippen molar-refractivity contribution in [2.24, 2.45) is 0 Å². The summed E-state index contributed by atoms with van der Waals surface area (Å²) in [5, 5.41) is 7.06. The normalized spacial score (nSPS) is 11.7. The third-order valence-corrected chi connectivity index (χ3v) is 5.03. The number of alkyl halides is 3. The summed E-state index contributed by atoms with van der Waals surface area (Å²) in [7, 11) is 0. The fourth-order valence-electron chi connectivity index (χ4n) is 3.30. The van der Waals surface area contributed by atoms with Gasteiger partial charge in [0.05, 0.1) is 5.69 Å². The Hall–Kier alpha value is -4.34. The van der Waals surface area contributed by atoms with Gasteiger partial charge in [0.25, 0.3) is 0 Å². The third-order valence-electron chi connectivity index (χ3n) is 5.03. The van der Waals surface area contributed by atoms with Crippen molar-refractivity contribution in [3.8, 4) is 22.8 Å². The molecule has 0 aliphatic carbocycles. The molecule has 0 atom stereocenters. The van der Waals surface area contributed by atoms with Crippen molar-refractivity contribution in [1.29, 1.82) is 0 Å². The van der Waals surface area contributed by atoms with E-state index in [9.17, 15) is 18.0 Å². The van der Waals surface area contributed by atoms with Crippen LogP contribution in [0, 0.1) is 0 Å². The zero-order valence-electron chi connectivity index (χ0n) is 18.8. The van der Waals surface area contributed by atoms with Crippen LogP contribution in [0.4, 0.5) is 23.7 Å². The van der Waals surface area contributed by atoms with E-state index in [1.54, 1.807) is 24.3 Å². The summed E-state index contributed by atoms with van der Waals surface area (Å²) in [4.78, 5) is 16.6. The molecule has 0 fully saturated rings. The first-order valence-electron chi connectivity index (χ1n) is 10.5. The number of carbonyl (C=O) groups excluding carboxylic acids is 1. The number of amides is 1. The molecule has 10 heteroatoms. The van der Waals surface area contributed by atoms with E-state index in [2.05, 4.69) is 20.1 Å². The number of hydrogen-bond donors (Lipinski definition) is 1. The Balaban J connectivity index is 1.39. The number of benzene rings is 3. The topological polar surface area (TPSA) is 78.3 Å². The van der Waals surface area contributed by atoms with Crippen molar-refractivity contribution in [3.05, 3.63) is 90.8 Å². The van der Waals surface area contributed by atoms with Crippen LogP contribution in [-0.4, -0.2) is 27.2 Å². The molecule has 3 aromatic carbocycles. The van der Waals surface area contributed by atoms with Crippen LogP contribution in [0.1, 0.15) is 19.4 Å². The summed E-state index contributed by atoms with van der Waals surface area (Å²) in [6.07, 6.45) is -3.89. The molecule has 1 N–H and O–H groups in total. The number of anilines is 1. The summed E-state index contributed by atoms with van der Waals surface area (Å²) in [5.41, 5.74) is 1.79. The highest BCUT2D eigenvalue weighted by Crippen LogP contribution is 2.26. The zero-order valence-corrected chi connectivity index (χ0v) is 18.8. The summed E-state index contributed by atoms with van der Waals surface area (Å²) in [5.74, 6) is 0.0790. The van der Waals surface area contributed by atoms with Crippen molar-refractivity contribution in [2.45, 2.75) is 25.8 Å². The first-order chi connectivity index (χ1) is 16.6. The molecule has 35 heavy (non-hydrogen) atoms. The predicted molar refractivity (Wildman–Crippen MR) is 123 cm³/mol. The maximum Gasteiger partial charge on any atom is 0.573 e. The highest BCUT2D eigenvalue weighted by Gasteiger charge is 2.31. The fraction of sp³-hybridized carbons (Fsp3) is 0.160. The van der Waals surface area contributed by atoms with E-state index >= 15 is 0 Å². The first-order valence-corrected chi connectivity index (χ1v) is 10.5. The van der Waals surface area contributed by atoms with Crippen molar-refractivity contribution in [1.82, 2.24) is 14.8 Å². The average Bonchev–Trinajstić information content (AvgIpc) is 3.29. The van der Waals surface area contributed by atoms with Gasteiger partial charge in [-0.05, 0) is 67.9 Å². The molecule has 0 unspecified atom stereocenters. The van der Waals surface area contributed by atoms with Gasteiger partial charge in [0.1, 0.15) is 17.7 Å². The standard InChI is InChI=1S/C25H21F3N4O3/c1-24(2,18-6-4-3-5-7-18)35-23(33)30-19-10-8-17(9-11-19)22-29-16-32(31-22)20-12-14-21(15-13-20)34-25(26,27)28/h3-16H,1-2H3,(H,30,33). The van der Waals surface area contributed by atoms with E-state index < -0.39 is 18.1 Å². The molecule has 0 saturated heterocycles. The molecular weight excluding hydrogens is 461 g/mol.